The zero-order valence-electron chi connectivity index (χ0n) is 13.2. The van der Waals surface area contributed by atoms with Crippen LogP contribution in [0.3, 0.4) is 0 Å². The molecule has 1 aliphatic rings. The van der Waals surface area contributed by atoms with Gasteiger partial charge in [0, 0.05) is 31.7 Å². The van der Waals surface area contributed by atoms with Crippen molar-refractivity contribution in [2.24, 2.45) is 0 Å². The lowest BCUT2D eigenvalue weighted by molar-refractivity contribution is -0.137. The van der Waals surface area contributed by atoms with E-state index in [0.29, 0.717) is 19.7 Å². The Balaban J connectivity index is 1.70. The molecule has 0 N–H and O–H groups in total. The summed E-state index contributed by atoms with van der Waals surface area (Å²) in [7, 11) is 1.54. The van der Waals surface area contributed by atoms with Crippen molar-refractivity contribution in [1.82, 2.24) is 14.5 Å². The third-order valence-corrected chi connectivity index (χ3v) is 3.91. The molecule has 2 aromatic heterocycles. The SMILES string of the molecule is COCC(=O)N1Cc2cccn2C[C@H](OCc2ccccn2)C1. The van der Waals surface area contributed by atoms with Crippen molar-refractivity contribution >= 4 is 5.91 Å². The number of hydrogen-bond donors (Lipinski definition) is 0. The normalized spacial score (nSPS) is 17.6. The van der Waals surface area contributed by atoms with Gasteiger partial charge in [0.25, 0.3) is 0 Å². The molecule has 3 rings (SSSR count). The predicted molar refractivity (Wildman–Crippen MR) is 84.5 cm³/mol. The van der Waals surface area contributed by atoms with E-state index in [1.54, 1.807) is 11.1 Å². The monoisotopic (exact) mass is 315 g/mol. The molecule has 0 fully saturated rings. The summed E-state index contributed by atoms with van der Waals surface area (Å²) in [4.78, 5) is 18.3. The van der Waals surface area contributed by atoms with Crippen LogP contribution < -0.4 is 0 Å². The van der Waals surface area contributed by atoms with Gasteiger partial charge in [0.15, 0.2) is 0 Å². The Kier molecular flexibility index (Phi) is 5.05. The summed E-state index contributed by atoms with van der Waals surface area (Å²) >= 11 is 0. The summed E-state index contributed by atoms with van der Waals surface area (Å²) < 4.78 is 13.1. The zero-order valence-corrected chi connectivity index (χ0v) is 13.2. The number of fused-ring (bicyclic) bond motifs is 1. The highest BCUT2D eigenvalue weighted by Gasteiger charge is 2.25. The lowest BCUT2D eigenvalue weighted by Crippen LogP contribution is -2.39. The molecule has 1 amide bonds. The minimum Gasteiger partial charge on any atom is -0.375 e. The van der Waals surface area contributed by atoms with E-state index in [9.17, 15) is 4.79 Å². The van der Waals surface area contributed by atoms with Crippen LogP contribution in [0.15, 0.2) is 42.7 Å². The Labute approximate surface area is 135 Å². The highest BCUT2D eigenvalue weighted by atomic mass is 16.5. The number of amides is 1. The van der Waals surface area contributed by atoms with Gasteiger partial charge in [-0.2, -0.15) is 0 Å². The first-order valence-corrected chi connectivity index (χ1v) is 7.68. The van der Waals surface area contributed by atoms with E-state index in [4.69, 9.17) is 9.47 Å². The summed E-state index contributed by atoms with van der Waals surface area (Å²) in [5.74, 6) is -0.0198. The fraction of sp³-hybridized carbons (Fsp3) is 0.412. The van der Waals surface area contributed by atoms with Gasteiger partial charge in [-0.05, 0) is 24.3 Å². The molecule has 122 valence electrons. The molecule has 0 saturated carbocycles. The molecule has 2 aromatic rings. The van der Waals surface area contributed by atoms with Gasteiger partial charge >= 0.3 is 0 Å². The van der Waals surface area contributed by atoms with E-state index < -0.39 is 0 Å². The van der Waals surface area contributed by atoms with Gasteiger partial charge in [-0.1, -0.05) is 6.07 Å². The van der Waals surface area contributed by atoms with E-state index in [1.807, 2.05) is 36.5 Å². The van der Waals surface area contributed by atoms with Crippen molar-refractivity contribution < 1.29 is 14.3 Å². The van der Waals surface area contributed by atoms with Gasteiger partial charge in [0.05, 0.1) is 31.5 Å². The molecule has 0 aliphatic carbocycles. The average Bonchev–Trinajstić information content (AvgIpc) is 2.92. The van der Waals surface area contributed by atoms with Gasteiger partial charge < -0.3 is 18.9 Å². The summed E-state index contributed by atoms with van der Waals surface area (Å²) in [6.45, 7) is 2.39. The summed E-state index contributed by atoms with van der Waals surface area (Å²) in [6.07, 6.45) is 3.70. The third-order valence-electron chi connectivity index (χ3n) is 3.91. The Morgan fingerprint density at radius 1 is 1.30 bits per heavy atom. The number of aromatic nitrogens is 2. The van der Waals surface area contributed by atoms with Gasteiger partial charge in [-0.3, -0.25) is 9.78 Å². The number of carbonyl (C=O) groups is 1. The number of methoxy groups -OCH3 is 1. The van der Waals surface area contributed by atoms with Crippen LogP contribution in [0.2, 0.25) is 0 Å². The molecule has 6 heteroatoms. The van der Waals surface area contributed by atoms with Crippen molar-refractivity contribution in [3.8, 4) is 0 Å². The highest BCUT2D eigenvalue weighted by molar-refractivity contribution is 5.77. The molecule has 0 unspecified atom stereocenters. The molecule has 23 heavy (non-hydrogen) atoms. The van der Waals surface area contributed by atoms with Crippen LogP contribution in [0.5, 0.6) is 0 Å². The van der Waals surface area contributed by atoms with Crippen molar-refractivity contribution in [2.75, 3.05) is 20.3 Å². The topological polar surface area (TPSA) is 56.6 Å². The molecule has 0 aromatic carbocycles. The molecule has 6 nitrogen and oxygen atoms in total. The quantitative estimate of drug-likeness (QED) is 0.838. The first-order valence-electron chi connectivity index (χ1n) is 7.68. The number of hydrogen-bond acceptors (Lipinski definition) is 4. The summed E-state index contributed by atoms with van der Waals surface area (Å²) in [5, 5.41) is 0. The van der Waals surface area contributed by atoms with Crippen LogP contribution in [-0.4, -0.2) is 46.7 Å². The Morgan fingerprint density at radius 3 is 3.00 bits per heavy atom. The molecule has 1 aliphatic heterocycles. The predicted octanol–water partition coefficient (Wildman–Crippen LogP) is 1.46. The molecular weight excluding hydrogens is 294 g/mol. The lowest BCUT2D eigenvalue weighted by atomic mass is 10.3. The minimum absolute atomic E-state index is 0.0198. The number of carbonyl (C=O) groups excluding carboxylic acids is 1. The Bertz CT molecular complexity index is 642. The molecule has 3 heterocycles. The second-order valence-electron chi connectivity index (χ2n) is 5.61. The Hall–Kier alpha value is -2.18. The van der Waals surface area contributed by atoms with Crippen molar-refractivity contribution in [1.29, 1.82) is 0 Å². The third kappa shape index (κ3) is 3.97. The highest BCUT2D eigenvalue weighted by Crippen LogP contribution is 2.16. The van der Waals surface area contributed by atoms with Gasteiger partial charge in [-0.25, -0.2) is 0 Å². The van der Waals surface area contributed by atoms with Crippen LogP contribution in [0.1, 0.15) is 11.4 Å². The standard InChI is InChI=1S/C17H21N3O3/c1-22-13-17(21)20-9-15-6-4-8-19(15)10-16(11-20)23-12-14-5-2-3-7-18-14/h2-8,16H,9-13H2,1H3/t16-/m0/s1. The van der Waals surface area contributed by atoms with E-state index in [2.05, 4.69) is 9.55 Å². The zero-order chi connectivity index (χ0) is 16.1. The van der Waals surface area contributed by atoms with E-state index in [-0.39, 0.29) is 18.6 Å². The van der Waals surface area contributed by atoms with Gasteiger partial charge in [0.1, 0.15) is 6.61 Å². The molecular formula is C17H21N3O3. The molecule has 0 spiro atoms. The van der Waals surface area contributed by atoms with Crippen LogP contribution in [-0.2, 0) is 34.0 Å². The molecule has 0 saturated heterocycles. The average molecular weight is 315 g/mol. The fourth-order valence-electron chi connectivity index (χ4n) is 2.75. The van der Waals surface area contributed by atoms with Crippen LogP contribution in [0, 0.1) is 0 Å². The summed E-state index contributed by atoms with van der Waals surface area (Å²) in [5.41, 5.74) is 2.00. The lowest BCUT2D eigenvalue weighted by Gasteiger charge is -2.24. The number of rotatable bonds is 5. The number of pyridine rings is 1. The van der Waals surface area contributed by atoms with Crippen LogP contribution in [0.4, 0.5) is 0 Å². The van der Waals surface area contributed by atoms with E-state index in [0.717, 1.165) is 17.9 Å². The maximum absolute atomic E-state index is 12.2. The molecule has 0 bridgehead atoms. The molecule has 1 atom stereocenters. The smallest absolute Gasteiger partial charge is 0.248 e. The van der Waals surface area contributed by atoms with Crippen LogP contribution >= 0.6 is 0 Å². The first-order chi connectivity index (χ1) is 11.3. The van der Waals surface area contributed by atoms with Crippen molar-refractivity contribution in [3.63, 3.8) is 0 Å². The summed E-state index contributed by atoms with van der Waals surface area (Å²) in [6, 6.07) is 9.79. The van der Waals surface area contributed by atoms with Crippen LogP contribution in [0.25, 0.3) is 0 Å². The maximum Gasteiger partial charge on any atom is 0.248 e. The van der Waals surface area contributed by atoms with Crippen molar-refractivity contribution in [2.45, 2.75) is 25.8 Å². The first kappa shape index (κ1) is 15.7. The number of nitrogens with zero attached hydrogens (tertiary/aromatic N) is 3. The largest absolute Gasteiger partial charge is 0.375 e. The Morgan fingerprint density at radius 2 is 2.22 bits per heavy atom. The molecule has 0 radical (unpaired) electrons. The van der Waals surface area contributed by atoms with E-state index >= 15 is 0 Å². The minimum atomic E-state index is -0.0773. The van der Waals surface area contributed by atoms with Gasteiger partial charge in [0.2, 0.25) is 5.91 Å². The second-order valence-corrected chi connectivity index (χ2v) is 5.61. The van der Waals surface area contributed by atoms with Crippen molar-refractivity contribution in [3.05, 3.63) is 54.1 Å². The van der Waals surface area contributed by atoms with Gasteiger partial charge in [-0.15, -0.1) is 0 Å². The van der Waals surface area contributed by atoms with E-state index in [1.165, 1.54) is 7.11 Å². The fourth-order valence-corrected chi connectivity index (χ4v) is 2.75. The number of ether oxygens (including phenoxy) is 2. The maximum atomic E-state index is 12.2. The second kappa shape index (κ2) is 7.39.